The van der Waals surface area contributed by atoms with E-state index in [9.17, 15) is 0 Å². The van der Waals surface area contributed by atoms with E-state index in [2.05, 4.69) is 37.9 Å². The zero-order valence-corrected chi connectivity index (χ0v) is 11.9. The summed E-state index contributed by atoms with van der Waals surface area (Å²) in [5.41, 5.74) is 0.412. The topological polar surface area (TPSA) is 24.5 Å². The first-order chi connectivity index (χ1) is 7.95. The predicted octanol–water partition coefficient (Wildman–Crippen LogP) is 2.02. The molecular formula is C14H28N2O. The molecule has 2 fully saturated rings. The molecule has 0 aromatic rings. The fourth-order valence-electron chi connectivity index (χ4n) is 3.07. The van der Waals surface area contributed by atoms with Gasteiger partial charge in [0.15, 0.2) is 0 Å². The molecule has 2 rings (SSSR count). The van der Waals surface area contributed by atoms with Crippen LogP contribution in [-0.4, -0.2) is 48.3 Å². The molecule has 1 N–H and O–H groups in total. The van der Waals surface area contributed by atoms with Crippen LogP contribution in [0.15, 0.2) is 0 Å². The zero-order chi connectivity index (χ0) is 12.5. The minimum atomic E-state index is 0.0985. The fraction of sp³-hybridized carbons (Fsp3) is 1.00. The van der Waals surface area contributed by atoms with Gasteiger partial charge in [0.05, 0.1) is 11.7 Å². The van der Waals surface area contributed by atoms with Gasteiger partial charge in [0.25, 0.3) is 0 Å². The SMILES string of the molecule is CCC1(C)CNCCN1CC1CCC(C)(C)O1. The van der Waals surface area contributed by atoms with Gasteiger partial charge in [0, 0.05) is 31.7 Å². The third-order valence-electron chi connectivity index (χ3n) is 4.57. The molecule has 0 amide bonds. The molecular weight excluding hydrogens is 212 g/mol. The Morgan fingerprint density at radius 1 is 1.35 bits per heavy atom. The summed E-state index contributed by atoms with van der Waals surface area (Å²) in [5, 5.41) is 3.51. The van der Waals surface area contributed by atoms with Gasteiger partial charge in [0.1, 0.15) is 0 Å². The van der Waals surface area contributed by atoms with Gasteiger partial charge in [-0.05, 0) is 40.0 Å². The van der Waals surface area contributed by atoms with Gasteiger partial charge in [-0.15, -0.1) is 0 Å². The molecule has 100 valence electrons. The summed E-state index contributed by atoms with van der Waals surface area (Å²) in [4.78, 5) is 2.63. The molecule has 0 bridgehead atoms. The molecule has 0 aromatic carbocycles. The van der Waals surface area contributed by atoms with Crippen molar-refractivity contribution in [3.63, 3.8) is 0 Å². The average Bonchev–Trinajstić information content (AvgIpc) is 2.62. The predicted molar refractivity (Wildman–Crippen MR) is 71.3 cm³/mol. The highest BCUT2D eigenvalue weighted by molar-refractivity contribution is 4.93. The van der Waals surface area contributed by atoms with Crippen LogP contribution in [0.3, 0.4) is 0 Å². The summed E-state index contributed by atoms with van der Waals surface area (Å²) >= 11 is 0. The van der Waals surface area contributed by atoms with Crippen molar-refractivity contribution in [2.24, 2.45) is 0 Å². The number of hydrogen-bond donors (Lipinski definition) is 1. The van der Waals surface area contributed by atoms with E-state index in [1.807, 2.05) is 0 Å². The van der Waals surface area contributed by atoms with Crippen LogP contribution in [0.1, 0.15) is 47.0 Å². The second kappa shape index (κ2) is 4.87. The molecule has 2 saturated heterocycles. The molecule has 0 aromatic heterocycles. The van der Waals surface area contributed by atoms with E-state index in [1.54, 1.807) is 0 Å². The fourth-order valence-corrected chi connectivity index (χ4v) is 3.07. The molecule has 0 radical (unpaired) electrons. The van der Waals surface area contributed by atoms with E-state index in [0.29, 0.717) is 11.6 Å². The molecule has 2 heterocycles. The summed E-state index contributed by atoms with van der Waals surface area (Å²) in [6.45, 7) is 13.6. The number of piperazine rings is 1. The highest BCUT2D eigenvalue weighted by Crippen LogP contribution is 2.31. The highest BCUT2D eigenvalue weighted by Gasteiger charge is 2.38. The zero-order valence-electron chi connectivity index (χ0n) is 11.9. The van der Waals surface area contributed by atoms with E-state index in [4.69, 9.17) is 4.74 Å². The van der Waals surface area contributed by atoms with Gasteiger partial charge in [-0.1, -0.05) is 6.92 Å². The summed E-state index contributed by atoms with van der Waals surface area (Å²) in [5.74, 6) is 0. The van der Waals surface area contributed by atoms with Gasteiger partial charge >= 0.3 is 0 Å². The van der Waals surface area contributed by atoms with Crippen molar-refractivity contribution in [1.82, 2.24) is 10.2 Å². The number of rotatable bonds is 3. The number of hydrogen-bond acceptors (Lipinski definition) is 3. The van der Waals surface area contributed by atoms with Crippen LogP contribution in [0.4, 0.5) is 0 Å². The Morgan fingerprint density at radius 3 is 2.71 bits per heavy atom. The number of nitrogens with zero attached hydrogens (tertiary/aromatic N) is 1. The van der Waals surface area contributed by atoms with Gasteiger partial charge in [0.2, 0.25) is 0 Å². The minimum absolute atomic E-state index is 0.0985. The second-order valence-electron chi connectivity index (χ2n) is 6.51. The first-order valence-corrected chi connectivity index (χ1v) is 7.09. The monoisotopic (exact) mass is 240 g/mol. The van der Waals surface area contributed by atoms with Crippen molar-refractivity contribution in [1.29, 1.82) is 0 Å². The Bertz CT molecular complexity index is 267. The molecule has 3 nitrogen and oxygen atoms in total. The molecule has 2 unspecified atom stereocenters. The van der Waals surface area contributed by atoms with Crippen molar-refractivity contribution in [3.8, 4) is 0 Å². The van der Waals surface area contributed by atoms with E-state index in [0.717, 1.165) is 26.2 Å². The van der Waals surface area contributed by atoms with Crippen LogP contribution < -0.4 is 5.32 Å². The first-order valence-electron chi connectivity index (χ1n) is 7.09. The van der Waals surface area contributed by atoms with E-state index >= 15 is 0 Å². The van der Waals surface area contributed by atoms with Crippen LogP contribution in [-0.2, 0) is 4.74 Å². The van der Waals surface area contributed by atoms with Gasteiger partial charge in [-0.25, -0.2) is 0 Å². The Hall–Kier alpha value is -0.120. The maximum atomic E-state index is 6.13. The second-order valence-corrected chi connectivity index (χ2v) is 6.51. The van der Waals surface area contributed by atoms with Crippen LogP contribution in [0.5, 0.6) is 0 Å². The molecule has 17 heavy (non-hydrogen) atoms. The smallest absolute Gasteiger partial charge is 0.0710 e. The lowest BCUT2D eigenvalue weighted by Crippen LogP contribution is -2.60. The quantitative estimate of drug-likeness (QED) is 0.817. The van der Waals surface area contributed by atoms with Crippen LogP contribution in [0, 0.1) is 0 Å². The van der Waals surface area contributed by atoms with Crippen molar-refractivity contribution in [3.05, 3.63) is 0 Å². The Labute approximate surface area is 106 Å². The third-order valence-corrected chi connectivity index (χ3v) is 4.57. The Morgan fingerprint density at radius 2 is 2.12 bits per heavy atom. The molecule has 0 aliphatic carbocycles. The van der Waals surface area contributed by atoms with Crippen molar-refractivity contribution >= 4 is 0 Å². The molecule has 2 aliphatic rings. The largest absolute Gasteiger partial charge is 0.371 e. The standard InChI is InChI=1S/C14H28N2O/c1-5-14(4)11-15-8-9-16(14)10-12-6-7-13(2,3)17-12/h12,15H,5-11H2,1-4H3. The van der Waals surface area contributed by atoms with Crippen molar-refractivity contribution < 1.29 is 4.74 Å². The Kier molecular flexibility index (Phi) is 3.81. The summed E-state index contributed by atoms with van der Waals surface area (Å²) in [6.07, 6.45) is 4.06. The van der Waals surface area contributed by atoms with Gasteiger partial charge in [-0.2, -0.15) is 0 Å². The summed E-state index contributed by atoms with van der Waals surface area (Å²) < 4.78 is 6.13. The van der Waals surface area contributed by atoms with Crippen LogP contribution >= 0.6 is 0 Å². The lowest BCUT2D eigenvalue weighted by molar-refractivity contribution is -0.0487. The van der Waals surface area contributed by atoms with E-state index < -0.39 is 0 Å². The Balaban J connectivity index is 1.93. The van der Waals surface area contributed by atoms with Crippen LogP contribution in [0.25, 0.3) is 0 Å². The number of nitrogens with one attached hydrogen (secondary N) is 1. The molecule has 2 atom stereocenters. The lowest BCUT2D eigenvalue weighted by atomic mass is 9.93. The van der Waals surface area contributed by atoms with E-state index in [-0.39, 0.29) is 5.60 Å². The van der Waals surface area contributed by atoms with Crippen molar-refractivity contribution in [2.45, 2.75) is 64.2 Å². The van der Waals surface area contributed by atoms with Gasteiger partial charge in [-0.3, -0.25) is 4.90 Å². The van der Waals surface area contributed by atoms with Crippen molar-refractivity contribution in [2.75, 3.05) is 26.2 Å². The minimum Gasteiger partial charge on any atom is -0.371 e. The molecule has 0 saturated carbocycles. The maximum absolute atomic E-state index is 6.13. The highest BCUT2D eigenvalue weighted by atomic mass is 16.5. The van der Waals surface area contributed by atoms with E-state index in [1.165, 1.54) is 19.3 Å². The average molecular weight is 240 g/mol. The van der Waals surface area contributed by atoms with Crippen LogP contribution in [0.2, 0.25) is 0 Å². The maximum Gasteiger partial charge on any atom is 0.0710 e. The third kappa shape index (κ3) is 3.01. The first kappa shape index (κ1) is 13.3. The summed E-state index contributed by atoms with van der Waals surface area (Å²) in [7, 11) is 0. The summed E-state index contributed by atoms with van der Waals surface area (Å²) in [6, 6.07) is 0. The number of ether oxygens (including phenoxy) is 1. The van der Waals surface area contributed by atoms with Gasteiger partial charge < -0.3 is 10.1 Å². The molecule has 2 aliphatic heterocycles. The lowest BCUT2D eigenvalue weighted by Gasteiger charge is -2.46. The normalized spacial score (nSPS) is 38.5. The molecule has 0 spiro atoms. The molecule has 3 heteroatoms.